The van der Waals surface area contributed by atoms with Gasteiger partial charge in [0, 0.05) is 6.20 Å². The summed E-state index contributed by atoms with van der Waals surface area (Å²) < 4.78 is 37.6. The zero-order valence-electron chi connectivity index (χ0n) is 22.6. The normalized spacial score (nSPS) is 29.0. The summed E-state index contributed by atoms with van der Waals surface area (Å²) in [6.07, 6.45) is -0.206. The minimum Gasteiger partial charge on any atom is -0.414 e. The Hall–Kier alpha value is -1.08. The molecular weight excluding hydrogens is 469 g/mol. The largest absolute Gasteiger partial charge is 0.414 e. The zero-order valence-corrected chi connectivity index (χ0v) is 24.6. The van der Waals surface area contributed by atoms with Crippen LogP contribution in [0.15, 0.2) is 17.1 Å². The Morgan fingerprint density at radius 1 is 1.15 bits per heavy atom. The Morgan fingerprint density at radius 2 is 1.71 bits per heavy atom. The smallest absolute Gasteiger partial charge is 0.351 e. The van der Waals surface area contributed by atoms with Gasteiger partial charge in [-0.05, 0) is 61.1 Å². The van der Waals surface area contributed by atoms with Crippen LogP contribution in [0.1, 0.15) is 60.6 Å². The first-order valence-corrected chi connectivity index (χ1v) is 18.1. The molecule has 1 aliphatic heterocycles. The standard InChI is InChI=1S/C24H44FN3O4Si2/c1-22(2,3)33(7,8)30-15-24(16-11-12-16)19(32-34(9,10)23(4,5)6)18(25)20(31-24)28-14-13-17(26)27-21(28)29/h13-14,16,18-20H,11-12,15H2,1-10H3,(H2,26,27,29)/t18-,19-,20+,24-/m0/s1. The highest BCUT2D eigenvalue weighted by Crippen LogP contribution is 2.55. The van der Waals surface area contributed by atoms with Crippen LogP contribution in [0.25, 0.3) is 0 Å². The van der Waals surface area contributed by atoms with Gasteiger partial charge in [0.15, 0.2) is 29.0 Å². The molecule has 10 heteroatoms. The highest BCUT2D eigenvalue weighted by atomic mass is 28.4. The van der Waals surface area contributed by atoms with E-state index in [1.807, 2.05) is 0 Å². The van der Waals surface area contributed by atoms with Crippen molar-refractivity contribution in [2.24, 2.45) is 5.92 Å². The Balaban J connectivity index is 2.06. The number of anilines is 1. The molecule has 1 saturated carbocycles. The number of rotatable bonds is 7. The molecule has 0 amide bonds. The van der Waals surface area contributed by atoms with Crippen LogP contribution in [0.5, 0.6) is 0 Å². The number of alkyl halides is 1. The van der Waals surface area contributed by atoms with Crippen molar-refractivity contribution >= 4 is 22.5 Å². The van der Waals surface area contributed by atoms with Crippen LogP contribution < -0.4 is 11.4 Å². The van der Waals surface area contributed by atoms with Gasteiger partial charge in [-0.3, -0.25) is 4.57 Å². The van der Waals surface area contributed by atoms with Crippen molar-refractivity contribution in [1.29, 1.82) is 0 Å². The van der Waals surface area contributed by atoms with Crippen molar-refractivity contribution < 1.29 is 18.0 Å². The van der Waals surface area contributed by atoms with Gasteiger partial charge in [-0.25, -0.2) is 9.18 Å². The van der Waals surface area contributed by atoms with Crippen LogP contribution in [0.4, 0.5) is 10.2 Å². The third kappa shape index (κ3) is 5.07. The Bertz CT molecular complexity index is 953. The van der Waals surface area contributed by atoms with E-state index in [2.05, 4.69) is 72.7 Å². The van der Waals surface area contributed by atoms with Gasteiger partial charge in [-0.15, -0.1) is 0 Å². The van der Waals surface area contributed by atoms with Gasteiger partial charge >= 0.3 is 5.69 Å². The molecule has 2 heterocycles. The first-order valence-electron chi connectivity index (χ1n) is 12.3. The second-order valence-corrected chi connectivity index (χ2v) is 22.6. The fourth-order valence-electron chi connectivity index (χ4n) is 3.91. The first-order chi connectivity index (χ1) is 15.3. The van der Waals surface area contributed by atoms with E-state index < -0.39 is 46.4 Å². The van der Waals surface area contributed by atoms with Crippen LogP contribution in [0.2, 0.25) is 36.3 Å². The quantitative estimate of drug-likeness (QED) is 0.501. The maximum Gasteiger partial charge on any atom is 0.351 e. The first kappa shape index (κ1) is 27.5. The summed E-state index contributed by atoms with van der Waals surface area (Å²) in [5, 5.41) is -0.113. The van der Waals surface area contributed by atoms with Crippen molar-refractivity contribution in [1.82, 2.24) is 9.55 Å². The molecule has 1 aromatic heterocycles. The molecule has 0 radical (unpaired) electrons. The van der Waals surface area contributed by atoms with Crippen molar-refractivity contribution in [2.75, 3.05) is 12.3 Å². The predicted molar refractivity (Wildman–Crippen MR) is 139 cm³/mol. The minimum absolute atomic E-state index is 0.00153. The third-order valence-corrected chi connectivity index (χ3v) is 17.4. The van der Waals surface area contributed by atoms with Gasteiger partial charge in [0.2, 0.25) is 0 Å². The highest BCUT2D eigenvalue weighted by molar-refractivity contribution is 6.74. The summed E-state index contributed by atoms with van der Waals surface area (Å²) in [4.78, 5) is 16.4. The van der Waals surface area contributed by atoms with E-state index in [-0.39, 0.29) is 28.4 Å². The number of hydrogen-bond acceptors (Lipinski definition) is 6. The minimum atomic E-state index is -2.37. The summed E-state index contributed by atoms with van der Waals surface area (Å²) in [5.41, 5.74) is 4.08. The molecule has 1 aliphatic carbocycles. The Labute approximate surface area is 205 Å². The molecule has 34 heavy (non-hydrogen) atoms. The molecule has 0 unspecified atom stereocenters. The van der Waals surface area contributed by atoms with E-state index in [0.717, 1.165) is 12.8 Å². The number of halogens is 1. The molecule has 2 aliphatic rings. The maximum atomic E-state index is 16.4. The van der Waals surface area contributed by atoms with Gasteiger partial charge < -0.3 is 19.3 Å². The van der Waals surface area contributed by atoms with Gasteiger partial charge in [-0.2, -0.15) is 4.98 Å². The van der Waals surface area contributed by atoms with Crippen LogP contribution >= 0.6 is 0 Å². The number of nitrogens with zero attached hydrogens (tertiary/aromatic N) is 2. The molecule has 0 aromatic carbocycles. The van der Waals surface area contributed by atoms with Crippen LogP contribution in [-0.2, 0) is 13.6 Å². The van der Waals surface area contributed by atoms with E-state index >= 15 is 4.39 Å². The maximum absolute atomic E-state index is 16.4. The highest BCUT2D eigenvalue weighted by Gasteiger charge is 2.65. The fourth-order valence-corrected chi connectivity index (χ4v) is 6.25. The van der Waals surface area contributed by atoms with Crippen LogP contribution in [-0.4, -0.2) is 50.7 Å². The third-order valence-electron chi connectivity index (χ3n) is 8.47. The predicted octanol–water partition coefficient (Wildman–Crippen LogP) is 5.25. The second-order valence-electron chi connectivity index (χ2n) is 13.1. The number of nitrogen functional groups attached to an aromatic ring is 1. The molecular formula is C24H44FN3O4Si2. The molecule has 2 N–H and O–H groups in total. The summed E-state index contributed by atoms with van der Waals surface area (Å²) in [5.74, 6) is 0.214. The SMILES string of the molecule is CC(C)(C)[Si](C)(C)OC[C@@]1(C2CC2)O[C@@H](n2ccc(N)nc2=O)[C@@H](F)[C@@H]1O[Si](C)(C)C(C)(C)C. The summed E-state index contributed by atoms with van der Waals surface area (Å²) in [7, 11) is -4.52. The van der Waals surface area contributed by atoms with E-state index in [1.54, 1.807) is 0 Å². The average molecular weight is 514 g/mol. The van der Waals surface area contributed by atoms with E-state index in [0.29, 0.717) is 0 Å². The number of hydrogen-bond donors (Lipinski definition) is 1. The topological polar surface area (TPSA) is 88.6 Å². The van der Waals surface area contributed by atoms with Gasteiger partial charge in [0.25, 0.3) is 0 Å². The summed E-state index contributed by atoms with van der Waals surface area (Å²) in [6.45, 7) is 21.8. The molecule has 7 nitrogen and oxygen atoms in total. The molecule has 0 spiro atoms. The van der Waals surface area contributed by atoms with Gasteiger partial charge in [0.1, 0.15) is 17.5 Å². The molecule has 3 rings (SSSR count). The van der Waals surface area contributed by atoms with Gasteiger partial charge in [-0.1, -0.05) is 41.5 Å². The van der Waals surface area contributed by atoms with Crippen molar-refractivity contribution in [3.05, 3.63) is 22.7 Å². The lowest BCUT2D eigenvalue weighted by molar-refractivity contribution is -0.136. The Kier molecular flexibility index (Phi) is 7.11. The molecule has 1 aromatic rings. The van der Waals surface area contributed by atoms with E-state index in [9.17, 15) is 4.79 Å². The molecule has 4 atom stereocenters. The average Bonchev–Trinajstić information content (AvgIpc) is 3.47. The molecule has 194 valence electrons. The van der Waals surface area contributed by atoms with Crippen molar-refractivity contribution in [2.45, 2.75) is 115 Å². The zero-order chi connectivity index (χ0) is 25.9. The van der Waals surface area contributed by atoms with Crippen molar-refractivity contribution in [3.8, 4) is 0 Å². The molecule has 2 fully saturated rings. The second kappa shape index (κ2) is 8.79. The lowest BCUT2D eigenvalue weighted by Gasteiger charge is -2.45. The number of ether oxygens (including phenoxy) is 1. The van der Waals surface area contributed by atoms with E-state index in [4.69, 9.17) is 19.3 Å². The molecule has 0 bridgehead atoms. The summed E-state index contributed by atoms with van der Waals surface area (Å²) >= 11 is 0. The number of nitrogens with two attached hydrogens (primary N) is 1. The Morgan fingerprint density at radius 3 is 2.18 bits per heavy atom. The van der Waals surface area contributed by atoms with E-state index in [1.165, 1.54) is 16.8 Å². The van der Waals surface area contributed by atoms with Gasteiger partial charge in [0.05, 0.1) is 6.61 Å². The lowest BCUT2D eigenvalue weighted by Crippen LogP contribution is -2.57. The number of aromatic nitrogens is 2. The monoisotopic (exact) mass is 513 g/mol. The van der Waals surface area contributed by atoms with Crippen molar-refractivity contribution in [3.63, 3.8) is 0 Å². The summed E-state index contributed by atoms with van der Waals surface area (Å²) in [6, 6.07) is 1.49. The molecule has 1 saturated heterocycles. The lowest BCUT2D eigenvalue weighted by atomic mass is 9.91. The van der Waals surface area contributed by atoms with Crippen LogP contribution in [0, 0.1) is 5.92 Å². The fraction of sp³-hybridized carbons (Fsp3) is 0.833. The van der Waals surface area contributed by atoms with Crippen LogP contribution in [0.3, 0.4) is 0 Å².